The number of hydrogen-bond donors (Lipinski definition) is 1. The van der Waals surface area contributed by atoms with Crippen molar-refractivity contribution in [3.8, 4) is 5.75 Å². The standard InChI is InChI=1S/C14H22N4O/c1-16-6-8-17(9-7-16)10-12-11-18(15)13-4-2-3-5-14(13)19-12/h2-5,12H,6-11,15H2,1H3. The van der Waals surface area contributed by atoms with Gasteiger partial charge in [0.05, 0.1) is 12.2 Å². The Morgan fingerprint density at radius 2 is 1.95 bits per heavy atom. The second-order valence-corrected chi connectivity index (χ2v) is 5.46. The molecule has 5 heteroatoms. The molecular weight excluding hydrogens is 240 g/mol. The van der Waals surface area contributed by atoms with Crippen molar-refractivity contribution >= 4 is 5.69 Å². The van der Waals surface area contributed by atoms with Crippen molar-refractivity contribution in [1.82, 2.24) is 9.80 Å². The zero-order chi connectivity index (χ0) is 13.2. The van der Waals surface area contributed by atoms with Crippen molar-refractivity contribution in [2.75, 3.05) is 51.3 Å². The third-order valence-electron chi connectivity index (χ3n) is 3.93. The zero-order valence-corrected chi connectivity index (χ0v) is 11.5. The number of piperazine rings is 1. The lowest BCUT2D eigenvalue weighted by atomic mass is 10.2. The van der Waals surface area contributed by atoms with E-state index in [0.29, 0.717) is 0 Å². The molecule has 0 radical (unpaired) electrons. The molecule has 1 saturated heterocycles. The van der Waals surface area contributed by atoms with E-state index in [1.807, 2.05) is 24.3 Å². The summed E-state index contributed by atoms with van der Waals surface area (Å²) >= 11 is 0. The van der Waals surface area contributed by atoms with Crippen LogP contribution in [0.4, 0.5) is 5.69 Å². The maximum Gasteiger partial charge on any atom is 0.144 e. The van der Waals surface area contributed by atoms with E-state index in [-0.39, 0.29) is 6.10 Å². The van der Waals surface area contributed by atoms with Crippen molar-refractivity contribution in [3.05, 3.63) is 24.3 Å². The highest BCUT2D eigenvalue weighted by atomic mass is 16.5. The molecule has 2 N–H and O–H groups in total. The van der Waals surface area contributed by atoms with Gasteiger partial charge in [-0.25, -0.2) is 5.84 Å². The van der Waals surface area contributed by atoms with Crippen LogP contribution in [-0.2, 0) is 0 Å². The van der Waals surface area contributed by atoms with Crippen molar-refractivity contribution in [1.29, 1.82) is 0 Å². The van der Waals surface area contributed by atoms with Gasteiger partial charge in [-0.1, -0.05) is 12.1 Å². The number of anilines is 1. The Morgan fingerprint density at radius 3 is 2.74 bits per heavy atom. The molecule has 0 amide bonds. The van der Waals surface area contributed by atoms with E-state index >= 15 is 0 Å². The quantitative estimate of drug-likeness (QED) is 0.781. The maximum atomic E-state index is 6.09. The fraction of sp³-hybridized carbons (Fsp3) is 0.571. The number of nitrogens with two attached hydrogens (primary N) is 1. The fourth-order valence-corrected chi connectivity index (χ4v) is 2.74. The minimum absolute atomic E-state index is 0.156. The maximum absolute atomic E-state index is 6.09. The number of likely N-dealkylation sites (N-methyl/N-ethyl adjacent to an activating group) is 1. The molecule has 0 saturated carbocycles. The van der Waals surface area contributed by atoms with Crippen LogP contribution in [0, 0.1) is 0 Å². The smallest absolute Gasteiger partial charge is 0.144 e. The second kappa shape index (κ2) is 5.36. The van der Waals surface area contributed by atoms with Crippen LogP contribution >= 0.6 is 0 Å². The van der Waals surface area contributed by atoms with Crippen molar-refractivity contribution in [2.24, 2.45) is 5.84 Å². The Bertz CT molecular complexity index is 431. The Hall–Kier alpha value is -1.30. The first-order valence-electron chi connectivity index (χ1n) is 6.91. The predicted molar refractivity (Wildman–Crippen MR) is 76.3 cm³/mol. The molecule has 0 aliphatic carbocycles. The number of hydrazine groups is 1. The van der Waals surface area contributed by atoms with Gasteiger partial charge in [0, 0.05) is 32.7 Å². The first kappa shape index (κ1) is 12.7. The Kier molecular flexibility index (Phi) is 3.59. The minimum Gasteiger partial charge on any atom is -0.485 e. The van der Waals surface area contributed by atoms with Gasteiger partial charge in [-0.2, -0.15) is 0 Å². The number of fused-ring (bicyclic) bond motifs is 1. The molecule has 2 heterocycles. The molecule has 19 heavy (non-hydrogen) atoms. The lowest BCUT2D eigenvalue weighted by Crippen LogP contribution is -2.52. The average molecular weight is 262 g/mol. The molecule has 3 rings (SSSR count). The topological polar surface area (TPSA) is 45.0 Å². The molecule has 104 valence electrons. The van der Waals surface area contributed by atoms with Crippen molar-refractivity contribution < 1.29 is 4.74 Å². The first-order chi connectivity index (χ1) is 9.22. The monoisotopic (exact) mass is 262 g/mol. The lowest BCUT2D eigenvalue weighted by Gasteiger charge is -2.38. The molecule has 5 nitrogen and oxygen atoms in total. The Balaban J connectivity index is 1.62. The molecule has 1 atom stereocenters. The number of ether oxygens (including phenoxy) is 1. The van der Waals surface area contributed by atoms with Gasteiger partial charge in [0.15, 0.2) is 0 Å². The summed E-state index contributed by atoms with van der Waals surface area (Å²) in [6.45, 7) is 6.20. The van der Waals surface area contributed by atoms with Crippen molar-refractivity contribution in [3.63, 3.8) is 0 Å². The van der Waals surface area contributed by atoms with Gasteiger partial charge in [0.1, 0.15) is 11.9 Å². The van der Waals surface area contributed by atoms with Crippen LogP contribution in [0.5, 0.6) is 5.75 Å². The van der Waals surface area contributed by atoms with Crippen LogP contribution < -0.4 is 15.6 Å². The molecule has 0 spiro atoms. The van der Waals surface area contributed by atoms with Crippen LogP contribution in [0.2, 0.25) is 0 Å². The van der Waals surface area contributed by atoms with Gasteiger partial charge in [-0.05, 0) is 19.2 Å². The zero-order valence-electron chi connectivity index (χ0n) is 11.5. The predicted octanol–water partition coefficient (Wildman–Crippen LogP) is 0.375. The van der Waals surface area contributed by atoms with E-state index in [9.17, 15) is 0 Å². The average Bonchev–Trinajstić information content (AvgIpc) is 2.42. The molecular formula is C14H22N4O. The number of rotatable bonds is 2. The van der Waals surface area contributed by atoms with Gasteiger partial charge < -0.3 is 14.6 Å². The van der Waals surface area contributed by atoms with E-state index < -0.39 is 0 Å². The summed E-state index contributed by atoms with van der Waals surface area (Å²) < 4.78 is 6.05. The van der Waals surface area contributed by atoms with Crippen LogP contribution in [-0.4, -0.2) is 62.2 Å². The van der Waals surface area contributed by atoms with E-state index in [4.69, 9.17) is 10.6 Å². The number of hydrogen-bond acceptors (Lipinski definition) is 5. The van der Waals surface area contributed by atoms with Crippen LogP contribution in [0.3, 0.4) is 0 Å². The number of benzene rings is 1. The highest BCUT2D eigenvalue weighted by Gasteiger charge is 2.26. The highest BCUT2D eigenvalue weighted by Crippen LogP contribution is 2.31. The number of nitrogens with zero attached hydrogens (tertiary/aromatic N) is 3. The Morgan fingerprint density at radius 1 is 1.21 bits per heavy atom. The third kappa shape index (κ3) is 2.83. The summed E-state index contributed by atoms with van der Waals surface area (Å²) in [4.78, 5) is 4.83. The van der Waals surface area contributed by atoms with Gasteiger partial charge in [-0.3, -0.25) is 4.90 Å². The molecule has 2 aliphatic rings. The summed E-state index contributed by atoms with van der Waals surface area (Å²) in [6.07, 6.45) is 0.156. The second-order valence-electron chi connectivity index (χ2n) is 5.46. The molecule has 2 aliphatic heterocycles. The van der Waals surface area contributed by atoms with E-state index in [2.05, 4.69) is 16.8 Å². The molecule has 1 aromatic carbocycles. The lowest BCUT2D eigenvalue weighted by molar-refractivity contribution is 0.0916. The van der Waals surface area contributed by atoms with E-state index in [1.54, 1.807) is 5.01 Å². The molecule has 1 aromatic rings. The van der Waals surface area contributed by atoms with Crippen LogP contribution in [0.25, 0.3) is 0 Å². The normalized spacial score (nSPS) is 24.9. The summed E-state index contributed by atoms with van der Waals surface area (Å²) in [6, 6.07) is 7.97. The van der Waals surface area contributed by atoms with Gasteiger partial charge >= 0.3 is 0 Å². The molecule has 1 fully saturated rings. The van der Waals surface area contributed by atoms with Gasteiger partial charge in [-0.15, -0.1) is 0 Å². The molecule has 0 bridgehead atoms. The van der Waals surface area contributed by atoms with Crippen LogP contribution in [0.15, 0.2) is 24.3 Å². The Labute approximate surface area is 114 Å². The summed E-state index contributed by atoms with van der Waals surface area (Å²) in [7, 11) is 2.17. The SMILES string of the molecule is CN1CCN(CC2CN(N)c3ccccc3O2)CC1. The minimum atomic E-state index is 0.156. The summed E-state index contributed by atoms with van der Waals surface area (Å²) in [5, 5.41) is 1.81. The summed E-state index contributed by atoms with van der Waals surface area (Å²) in [5.41, 5.74) is 0.983. The largest absolute Gasteiger partial charge is 0.485 e. The van der Waals surface area contributed by atoms with Crippen LogP contribution in [0.1, 0.15) is 0 Å². The van der Waals surface area contributed by atoms with Gasteiger partial charge in [0.25, 0.3) is 0 Å². The van der Waals surface area contributed by atoms with E-state index in [1.165, 1.54) is 0 Å². The first-order valence-corrected chi connectivity index (χ1v) is 6.91. The molecule has 0 aromatic heterocycles. The fourth-order valence-electron chi connectivity index (χ4n) is 2.74. The molecule has 1 unspecified atom stereocenters. The van der Waals surface area contributed by atoms with Crippen molar-refractivity contribution in [2.45, 2.75) is 6.10 Å². The summed E-state index contributed by atoms with van der Waals surface area (Å²) in [5.74, 6) is 6.99. The third-order valence-corrected chi connectivity index (χ3v) is 3.93. The highest BCUT2D eigenvalue weighted by molar-refractivity contribution is 5.58. The van der Waals surface area contributed by atoms with E-state index in [0.717, 1.165) is 50.7 Å². The number of para-hydroxylation sites is 2. The van der Waals surface area contributed by atoms with Gasteiger partial charge in [0.2, 0.25) is 0 Å².